The van der Waals surface area contributed by atoms with Gasteiger partial charge in [0.2, 0.25) is 0 Å². The molecule has 194 valence electrons. The summed E-state index contributed by atoms with van der Waals surface area (Å²) in [6.45, 7) is 9.44. The Morgan fingerprint density at radius 1 is 1.03 bits per heavy atom. The van der Waals surface area contributed by atoms with E-state index in [2.05, 4.69) is 6.92 Å². The van der Waals surface area contributed by atoms with Crippen molar-refractivity contribution in [2.45, 2.75) is 97.5 Å². The number of halogens is 1. The first-order valence-electron chi connectivity index (χ1n) is 14.2. The molecular weight excluding hydrogens is 439 g/mol. The van der Waals surface area contributed by atoms with Crippen molar-refractivity contribution in [3.8, 4) is 0 Å². The number of ether oxygens (including phenoxy) is 1. The Morgan fingerprint density at radius 3 is 2.46 bits per heavy atom. The van der Waals surface area contributed by atoms with Crippen LogP contribution in [0.4, 0.5) is 4.39 Å². The Kier molecular flexibility index (Phi) is 6.94. The molecule has 4 aliphatic rings. The summed E-state index contributed by atoms with van der Waals surface area (Å²) in [5.74, 6) is 3.81. The molecule has 3 nitrogen and oxygen atoms in total. The quantitative estimate of drug-likeness (QED) is 0.495. The molecule has 0 spiro atoms. The molecule has 1 aromatic rings. The molecule has 5 rings (SSSR count). The maximum Gasteiger partial charge on any atom is 0.140 e. The fourth-order valence-corrected chi connectivity index (χ4v) is 9.43. The Labute approximate surface area is 211 Å². The summed E-state index contributed by atoms with van der Waals surface area (Å²) < 4.78 is 19.4. The van der Waals surface area contributed by atoms with E-state index in [1.165, 1.54) is 25.7 Å². The van der Waals surface area contributed by atoms with Crippen molar-refractivity contribution >= 4 is 5.78 Å². The molecule has 35 heavy (non-hydrogen) atoms. The highest BCUT2D eigenvalue weighted by Gasteiger charge is 2.59. The molecule has 4 saturated carbocycles. The van der Waals surface area contributed by atoms with E-state index in [0.717, 1.165) is 66.5 Å². The van der Waals surface area contributed by atoms with Gasteiger partial charge in [0.25, 0.3) is 0 Å². The van der Waals surface area contributed by atoms with Crippen molar-refractivity contribution < 1.29 is 19.0 Å². The zero-order valence-corrected chi connectivity index (χ0v) is 22.2. The maximum atomic E-state index is 13.8. The van der Waals surface area contributed by atoms with Gasteiger partial charge in [-0.05, 0) is 142 Å². The lowest BCUT2D eigenvalue weighted by molar-refractivity contribution is -0.137. The number of Topliss-reactive ketones (excluding diaryl/α,β-unsaturated/α-hetero) is 1. The molecule has 0 aliphatic heterocycles. The van der Waals surface area contributed by atoms with E-state index in [9.17, 15) is 14.3 Å². The van der Waals surface area contributed by atoms with Gasteiger partial charge in [-0.25, -0.2) is 4.39 Å². The number of rotatable bonds is 6. The third-order valence-electron chi connectivity index (χ3n) is 11.1. The van der Waals surface area contributed by atoms with E-state index in [1.807, 2.05) is 20.8 Å². The third kappa shape index (κ3) is 4.52. The van der Waals surface area contributed by atoms with E-state index in [-0.39, 0.29) is 17.2 Å². The lowest BCUT2D eigenvalue weighted by atomic mass is 9.49. The van der Waals surface area contributed by atoms with E-state index in [0.29, 0.717) is 37.3 Å². The number of hydrogen-bond donors (Lipinski definition) is 1. The van der Waals surface area contributed by atoms with Crippen LogP contribution in [-0.4, -0.2) is 29.7 Å². The summed E-state index contributed by atoms with van der Waals surface area (Å²) in [6, 6.07) is 3.14. The van der Waals surface area contributed by atoms with Gasteiger partial charge in [0.15, 0.2) is 0 Å². The lowest BCUT2D eigenvalue weighted by Gasteiger charge is -2.57. The number of benzene rings is 1. The smallest absolute Gasteiger partial charge is 0.140 e. The summed E-state index contributed by atoms with van der Waals surface area (Å²) in [7, 11) is 0. The molecule has 1 aromatic carbocycles. The Bertz CT molecular complexity index is 936. The van der Waals surface area contributed by atoms with E-state index < -0.39 is 5.60 Å². The first-order valence-corrected chi connectivity index (χ1v) is 14.2. The summed E-state index contributed by atoms with van der Waals surface area (Å²) in [5.41, 5.74) is 2.31. The van der Waals surface area contributed by atoms with Crippen LogP contribution in [0, 0.1) is 60.6 Å². The van der Waals surface area contributed by atoms with Crippen LogP contribution in [0.15, 0.2) is 12.1 Å². The van der Waals surface area contributed by atoms with Crippen LogP contribution in [0.1, 0.15) is 88.3 Å². The van der Waals surface area contributed by atoms with Gasteiger partial charge in [-0.15, -0.1) is 0 Å². The molecule has 0 saturated heterocycles. The summed E-state index contributed by atoms with van der Waals surface area (Å²) in [4.78, 5) is 13.7. The highest BCUT2D eigenvalue weighted by Crippen LogP contribution is 2.64. The molecule has 4 heteroatoms. The molecule has 0 radical (unpaired) electrons. The second-order valence-corrected chi connectivity index (χ2v) is 12.9. The van der Waals surface area contributed by atoms with Crippen molar-refractivity contribution in [1.82, 2.24) is 0 Å². The second kappa shape index (κ2) is 9.56. The molecule has 0 amide bonds. The molecule has 0 unspecified atom stereocenters. The Hall–Kier alpha value is -1.26. The predicted octanol–water partition coefficient (Wildman–Crippen LogP) is 6.59. The van der Waals surface area contributed by atoms with Crippen LogP contribution in [-0.2, 0) is 16.0 Å². The largest absolute Gasteiger partial charge is 0.387 e. The maximum absolute atomic E-state index is 13.8. The molecular formula is C31H45FO3. The number of carbonyl (C=O) groups excluding carboxylic acids is 1. The van der Waals surface area contributed by atoms with Gasteiger partial charge in [0.1, 0.15) is 11.6 Å². The molecule has 0 heterocycles. The second-order valence-electron chi connectivity index (χ2n) is 12.9. The topological polar surface area (TPSA) is 46.5 Å². The summed E-state index contributed by atoms with van der Waals surface area (Å²) >= 11 is 0. The van der Waals surface area contributed by atoms with Crippen LogP contribution >= 0.6 is 0 Å². The number of ketones is 1. The molecule has 4 aliphatic carbocycles. The van der Waals surface area contributed by atoms with Crippen molar-refractivity contribution in [1.29, 1.82) is 0 Å². The van der Waals surface area contributed by atoms with Crippen LogP contribution in [0.5, 0.6) is 0 Å². The minimum Gasteiger partial charge on any atom is -0.387 e. The zero-order valence-electron chi connectivity index (χ0n) is 22.2. The van der Waals surface area contributed by atoms with Crippen molar-refractivity contribution in [3.63, 3.8) is 0 Å². The van der Waals surface area contributed by atoms with Crippen LogP contribution in [0.2, 0.25) is 0 Å². The van der Waals surface area contributed by atoms with Crippen LogP contribution in [0.25, 0.3) is 0 Å². The average molecular weight is 485 g/mol. The zero-order chi connectivity index (χ0) is 25.0. The standard InChI is InChI=1S/C31H45FO3/c1-5-35-18-31(34)13-11-23-21(17-31)6-7-25-24(23)10-12-30(4)27(25)8-9-28(30)29(33)16-26-19(2)14-22(32)15-20(26)3/h14-15,21,23-25,27-28,34H,5-13,16-18H2,1-4H3/t21-,23+,24-,25-,27+,28-,30+,31-/m1/s1. The predicted molar refractivity (Wildman–Crippen MR) is 137 cm³/mol. The van der Waals surface area contributed by atoms with Crippen molar-refractivity contribution in [3.05, 3.63) is 34.6 Å². The number of carbonyl (C=O) groups is 1. The van der Waals surface area contributed by atoms with Gasteiger partial charge in [-0.1, -0.05) is 6.92 Å². The minimum absolute atomic E-state index is 0.108. The third-order valence-corrected chi connectivity index (χ3v) is 11.1. The normalized spacial score (nSPS) is 40.6. The summed E-state index contributed by atoms with van der Waals surface area (Å²) in [6.07, 6.45) is 10.4. The van der Waals surface area contributed by atoms with E-state index in [1.54, 1.807) is 12.1 Å². The highest BCUT2D eigenvalue weighted by molar-refractivity contribution is 5.85. The SMILES string of the molecule is CCOC[C@@]1(O)CC[C@H]2[C@H](CC[C@@H]3[C@@H]2CC[C@]2(C)[C@@H](C(=O)Cc4c(C)cc(F)cc4C)CC[C@@H]32)C1. The van der Waals surface area contributed by atoms with Gasteiger partial charge in [0.05, 0.1) is 12.2 Å². The van der Waals surface area contributed by atoms with Gasteiger partial charge in [-0.3, -0.25) is 4.79 Å². The minimum atomic E-state index is -0.630. The number of aryl methyl sites for hydroxylation is 2. The fraction of sp³-hybridized carbons (Fsp3) is 0.774. The molecule has 0 bridgehead atoms. The molecule has 0 aromatic heterocycles. The van der Waals surface area contributed by atoms with E-state index in [4.69, 9.17) is 4.74 Å². The number of aliphatic hydroxyl groups is 1. The average Bonchev–Trinajstić information content (AvgIpc) is 3.17. The van der Waals surface area contributed by atoms with Crippen molar-refractivity contribution in [2.24, 2.45) is 40.9 Å². The highest BCUT2D eigenvalue weighted by atomic mass is 19.1. The Morgan fingerprint density at radius 2 is 1.74 bits per heavy atom. The number of fused-ring (bicyclic) bond motifs is 5. The fourth-order valence-electron chi connectivity index (χ4n) is 9.43. The van der Waals surface area contributed by atoms with Gasteiger partial charge >= 0.3 is 0 Å². The van der Waals surface area contributed by atoms with Gasteiger partial charge in [-0.2, -0.15) is 0 Å². The lowest BCUT2D eigenvalue weighted by Crippen LogP contribution is -2.52. The van der Waals surface area contributed by atoms with Gasteiger partial charge < -0.3 is 9.84 Å². The first kappa shape index (κ1) is 25.4. The molecule has 4 fully saturated rings. The molecule has 8 atom stereocenters. The van der Waals surface area contributed by atoms with Gasteiger partial charge in [0, 0.05) is 18.9 Å². The number of hydrogen-bond acceptors (Lipinski definition) is 3. The first-order chi connectivity index (χ1) is 16.6. The molecule has 1 N–H and O–H groups in total. The Balaban J connectivity index is 1.28. The monoisotopic (exact) mass is 484 g/mol. The van der Waals surface area contributed by atoms with Crippen LogP contribution < -0.4 is 0 Å². The van der Waals surface area contributed by atoms with E-state index >= 15 is 0 Å². The van der Waals surface area contributed by atoms with Crippen molar-refractivity contribution in [2.75, 3.05) is 13.2 Å². The summed E-state index contributed by atoms with van der Waals surface area (Å²) in [5, 5.41) is 11.1. The van der Waals surface area contributed by atoms with Crippen LogP contribution in [0.3, 0.4) is 0 Å².